The van der Waals surface area contributed by atoms with Crippen molar-refractivity contribution in [3.8, 4) is 10.6 Å². The van der Waals surface area contributed by atoms with E-state index in [-0.39, 0.29) is 12.5 Å². The van der Waals surface area contributed by atoms with Gasteiger partial charge in [-0.25, -0.2) is 4.98 Å². The number of hydrogen-bond donors (Lipinski definition) is 3. The molecule has 34 heavy (non-hydrogen) atoms. The maximum Gasteiger partial charge on any atom is 0.308 e. The summed E-state index contributed by atoms with van der Waals surface area (Å²) in [5.41, 5.74) is 1.33. The summed E-state index contributed by atoms with van der Waals surface area (Å²) in [6.07, 6.45) is -2.43. The zero-order chi connectivity index (χ0) is 24.4. The summed E-state index contributed by atoms with van der Waals surface area (Å²) in [6, 6.07) is 8.84. The number of thiazole rings is 1. The van der Waals surface area contributed by atoms with Gasteiger partial charge in [-0.15, -0.1) is 11.3 Å². The van der Waals surface area contributed by atoms with Gasteiger partial charge >= 0.3 is 5.97 Å². The first kappa shape index (κ1) is 24.8. The highest BCUT2D eigenvalue weighted by atomic mass is 35.5. The van der Waals surface area contributed by atoms with Crippen molar-refractivity contribution < 1.29 is 34.0 Å². The molecule has 3 N–H and O–H groups in total. The van der Waals surface area contributed by atoms with Crippen LogP contribution in [0.5, 0.6) is 0 Å². The van der Waals surface area contributed by atoms with Gasteiger partial charge in [-0.05, 0) is 29.3 Å². The number of aromatic nitrogens is 1. The van der Waals surface area contributed by atoms with Crippen molar-refractivity contribution in [2.45, 2.75) is 50.8 Å². The zero-order valence-electron chi connectivity index (χ0n) is 18.6. The van der Waals surface area contributed by atoms with E-state index in [4.69, 9.17) is 25.5 Å². The number of aliphatic hydroxyl groups excluding tert-OH is 3. The lowest BCUT2D eigenvalue weighted by atomic mass is 9.90. The van der Waals surface area contributed by atoms with Gasteiger partial charge in [0.2, 0.25) is 0 Å². The van der Waals surface area contributed by atoms with E-state index in [1.165, 1.54) is 11.3 Å². The Balaban J connectivity index is 1.52. The molecule has 182 valence electrons. The summed E-state index contributed by atoms with van der Waals surface area (Å²) < 4.78 is 16.5. The normalized spacial score (nSPS) is 25.0. The highest BCUT2D eigenvalue weighted by molar-refractivity contribution is 7.15. The Morgan fingerprint density at radius 3 is 2.71 bits per heavy atom. The summed E-state index contributed by atoms with van der Waals surface area (Å²) in [4.78, 5) is 17.2. The predicted molar refractivity (Wildman–Crippen MR) is 126 cm³/mol. The Labute approximate surface area is 205 Å². The molecule has 0 saturated carbocycles. The number of aliphatic hydroxyl groups is 3. The van der Waals surface area contributed by atoms with Gasteiger partial charge in [-0.3, -0.25) is 4.79 Å². The number of ether oxygens (including phenoxy) is 2. The van der Waals surface area contributed by atoms with Crippen molar-refractivity contribution in [1.82, 2.24) is 4.98 Å². The fraction of sp³-hybridized carbons (Fsp3) is 0.417. The molecular formula is C24H26ClNO7S. The summed E-state index contributed by atoms with van der Waals surface area (Å²) in [5.74, 6) is -0.0526. The molecule has 10 heteroatoms. The second-order valence-electron chi connectivity index (χ2n) is 8.47. The second kappa shape index (κ2) is 10.6. The van der Waals surface area contributed by atoms with Crippen LogP contribution in [0, 0.1) is 5.92 Å². The van der Waals surface area contributed by atoms with Gasteiger partial charge in [0.25, 0.3) is 0 Å². The van der Waals surface area contributed by atoms with Gasteiger partial charge in [0.1, 0.15) is 42.9 Å². The van der Waals surface area contributed by atoms with E-state index in [2.05, 4.69) is 4.98 Å². The maximum atomic E-state index is 11.8. The fourth-order valence-electron chi connectivity index (χ4n) is 3.69. The number of furan rings is 1. The maximum absolute atomic E-state index is 11.8. The number of benzene rings is 1. The Morgan fingerprint density at radius 1 is 1.21 bits per heavy atom. The molecule has 1 aliphatic rings. The first-order chi connectivity index (χ1) is 16.2. The van der Waals surface area contributed by atoms with Crippen molar-refractivity contribution in [2.24, 2.45) is 5.92 Å². The molecule has 4 rings (SSSR count). The van der Waals surface area contributed by atoms with E-state index in [1.54, 1.807) is 44.5 Å². The number of halogens is 1. The van der Waals surface area contributed by atoms with Gasteiger partial charge < -0.3 is 29.2 Å². The number of esters is 1. The van der Waals surface area contributed by atoms with Crippen LogP contribution in [0.1, 0.15) is 36.1 Å². The molecule has 1 saturated heterocycles. The Morgan fingerprint density at radius 2 is 2.00 bits per heavy atom. The van der Waals surface area contributed by atoms with Crippen LogP contribution in [0.25, 0.3) is 10.6 Å². The minimum Gasteiger partial charge on any atom is -0.463 e. The molecular weight excluding hydrogens is 482 g/mol. The van der Waals surface area contributed by atoms with Gasteiger partial charge in [-0.1, -0.05) is 37.6 Å². The number of rotatable bonds is 7. The van der Waals surface area contributed by atoms with E-state index in [0.29, 0.717) is 17.0 Å². The van der Waals surface area contributed by atoms with E-state index < -0.39 is 36.5 Å². The van der Waals surface area contributed by atoms with Crippen molar-refractivity contribution in [2.75, 3.05) is 6.61 Å². The Bertz CT molecular complexity index is 1120. The number of hydrogen-bond acceptors (Lipinski definition) is 9. The molecule has 5 atom stereocenters. The average molecular weight is 508 g/mol. The average Bonchev–Trinajstić information content (AvgIpc) is 3.50. The molecule has 0 bridgehead atoms. The molecule has 5 unspecified atom stereocenters. The standard InChI is InChI=1S/C24H26ClNO7S/c1-12(2)24(30)32-11-17-20(27)21(28)22(29)23(33-17)13-5-6-15(25)14(8-13)9-19-26-10-18(34-19)16-4-3-7-31-16/h3-8,10,12,17,20-23,27-29H,9,11H2,1-2H3. The first-order valence-corrected chi connectivity index (χ1v) is 12.1. The zero-order valence-corrected chi connectivity index (χ0v) is 20.2. The van der Waals surface area contributed by atoms with E-state index in [1.807, 2.05) is 12.1 Å². The summed E-state index contributed by atoms with van der Waals surface area (Å²) in [5, 5.41) is 32.7. The van der Waals surface area contributed by atoms with Gasteiger partial charge in [-0.2, -0.15) is 0 Å². The van der Waals surface area contributed by atoms with Crippen molar-refractivity contribution in [3.05, 3.63) is 63.9 Å². The van der Waals surface area contributed by atoms with Crippen molar-refractivity contribution >= 4 is 28.9 Å². The van der Waals surface area contributed by atoms with Crippen LogP contribution in [0.15, 0.2) is 47.2 Å². The van der Waals surface area contributed by atoms with Gasteiger partial charge in [0.15, 0.2) is 0 Å². The molecule has 1 fully saturated rings. The monoisotopic (exact) mass is 507 g/mol. The van der Waals surface area contributed by atoms with Crippen LogP contribution < -0.4 is 0 Å². The lowest BCUT2D eigenvalue weighted by Crippen LogP contribution is -2.55. The van der Waals surface area contributed by atoms with Crippen LogP contribution in [0.2, 0.25) is 5.02 Å². The Hall–Kier alpha value is -2.27. The minimum absolute atomic E-state index is 0.242. The topological polar surface area (TPSA) is 122 Å². The summed E-state index contributed by atoms with van der Waals surface area (Å²) in [6.45, 7) is 3.14. The third kappa shape index (κ3) is 5.35. The highest BCUT2D eigenvalue weighted by Crippen LogP contribution is 2.35. The smallest absolute Gasteiger partial charge is 0.308 e. The third-order valence-electron chi connectivity index (χ3n) is 5.63. The Kier molecular flexibility index (Phi) is 7.71. The van der Waals surface area contributed by atoms with Crippen LogP contribution in [-0.4, -0.2) is 57.3 Å². The van der Waals surface area contributed by atoms with Crippen molar-refractivity contribution in [1.29, 1.82) is 0 Å². The van der Waals surface area contributed by atoms with E-state index in [0.717, 1.165) is 21.2 Å². The highest BCUT2D eigenvalue weighted by Gasteiger charge is 2.44. The van der Waals surface area contributed by atoms with Crippen LogP contribution in [-0.2, 0) is 20.7 Å². The lowest BCUT2D eigenvalue weighted by Gasteiger charge is -2.40. The summed E-state index contributed by atoms with van der Waals surface area (Å²) >= 11 is 7.91. The van der Waals surface area contributed by atoms with Gasteiger partial charge in [0.05, 0.1) is 22.1 Å². The molecule has 3 aromatic rings. The molecule has 8 nitrogen and oxygen atoms in total. The molecule has 0 radical (unpaired) electrons. The lowest BCUT2D eigenvalue weighted by molar-refractivity contribution is -0.234. The quantitative estimate of drug-likeness (QED) is 0.416. The number of carbonyl (C=O) groups is 1. The molecule has 1 aromatic carbocycles. The minimum atomic E-state index is -1.48. The fourth-order valence-corrected chi connectivity index (χ4v) is 4.78. The molecule has 1 aliphatic heterocycles. The number of carbonyl (C=O) groups excluding carboxylic acids is 1. The number of nitrogens with zero attached hydrogens (tertiary/aromatic N) is 1. The van der Waals surface area contributed by atoms with Gasteiger partial charge in [0, 0.05) is 17.6 Å². The summed E-state index contributed by atoms with van der Waals surface area (Å²) in [7, 11) is 0. The predicted octanol–water partition coefficient (Wildman–Crippen LogP) is 3.37. The molecule has 3 heterocycles. The third-order valence-corrected chi connectivity index (χ3v) is 7.01. The van der Waals surface area contributed by atoms with Crippen LogP contribution >= 0.6 is 22.9 Å². The molecule has 0 spiro atoms. The van der Waals surface area contributed by atoms with Crippen LogP contribution in [0.4, 0.5) is 0 Å². The molecule has 0 amide bonds. The second-order valence-corrected chi connectivity index (χ2v) is 10.00. The first-order valence-electron chi connectivity index (χ1n) is 10.9. The van der Waals surface area contributed by atoms with E-state index >= 15 is 0 Å². The van der Waals surface area contributed by atoms with Crippen molar-refractivity contribution in [3.63, 3.8) is 0 Å². The largest absolute Gasteiger partial charge is 0.463 e. The van der Waals surface area contributed by atoms with Crippen LogP contribution in [0.3, 0.4) is 0 Å². The molecule has 0 aliphatic carbocycles. The molecule has 2 aromatic heterocycles. The van der Waals surface area contributed by atoms with E-state index in [9.17, 15) is 20.1 Å². The SMILES string of the molecule is CC(C)C(=O)OCC1OC(c2ccc(Cl)c(Cc3ncc(-c4ccco4)s3)c2)C(O)C(O)C1O.